The molecule has 0 aromatic heterocycles. The van der Waals surface area contributed by atoms with E-state index in [2.05, 4.69) is 0 Å². The van der Waals surface area contributed by atoms with Crippen molar-refractivity contribution < 1.29 is 81.2 Å². The molecule has 0 radical (unpaired) electrons. The van der Waals surface area contributed by atoms with Crippen LogP contribution in [0, 0.1) is 0 Å². The fourth-order valence-corrected chi connectivity index (χ4v) is 9.89. The van der Waals surface area contributed by atoms with Crippen LogP contribution in [-0.2, 0) is 42.3 Å². The number of carbonyl (C=O) groups is 3. The van der Waals surface area contributed by atoms with Crippen molar-refractivity contribution in [1.29, 1.82) is 0 Å². The molecule has 0 aliphatic heterocycles. The van der Waals surface area contributed by atoms with E-state index in [-0.39, 0.29) is 31.9 Å². The van der Waals surface area contributed by atoms with Gasteiger partial charge in [-0.15, -0.1) is 0 Å². The third-order valence-corrected chi connectivity index (χ3v) is 12.1. The fourth-order valence-electron chi connectivity index (χ4n) is 4.75. The SMILES string of the molecule is CC(C)(C)OC(=O)COc1ccc(S(OS(=O)(=O)C(F)(F)C(F)C(F)(F)F)(c2ccc(OCC(=O)OC(C)(C)C)cc2)c2ccc(OCC(=O)OC(C)(C)C)cc2)cc1. The summed E-state index contributed by atoms with van der Waals surface area (Å²) in [6.07, 6.45) is -11.5. The Morgan fingerprint density at radius 1 is 0.508 bits per heavy atom. The van der Waals surface area contributed by atoms with Gasteiger partial charge in [0.1, 0.15) is 34.1 Å². The number of esters is 3. The third-order valence-electron chi connectivity index (χ3n) is 6.90. The second-order valence-electron chi connectivity index (χ2n) is 15.6. The summed E-state index contributed by atoms with van der Waals surface area (Å²) in [5, 5.41) is -6.17. The molecule has 3 aromatic carbocycles. The fraction of sp³-hybridized carbons (Fsp3) is 0.462. The summed E-state index contributed by atoms with van der Waals surface area (Å²) in [6.45, 7) is 12.9. The first kappa shape index (κ1) is 48.7. The lowest BCUT2D eigenvalue weighted by Gasteiger charge is -2.40. The molecule has 59 heavy (non-hydrogen) atoms. The van der Waals surface area contributed by atoms with Gasteiger partial charge >= 0.3 is 39.5 Å². The van der Waals surface area contributed by atoms with E-state index in [0.29, 0.717) is 0 Å². The molecule has 0 aliphatic rings. The molecule has 20 heteroatoms. The van der Waals surface area contributed by atoms with E-state index in [1.165, 1.54) is 36.4 Å². The standard InChI is InChI=1S/C39H46F6O12S2/c1-35(2,3)54-31(46)22-51-25-10-16-28(17-11-25)58(57-59(49,50)39(44,45)34(40)38(41,42)43,29-18-12-26(13-19-29)52-23-32(47)55-36(4,5)6)30-20-14-27(15-21-30)53-24-33(48)56-37(7,8)9/h10-21,34H,22-24H2,1-9H3. The normalized spacial score (nSPS) is 13.8. The molecule has 0 bridgehead atoms. The second-order valence-corrected chi connectivity index (χ2v) is 20.1. The van der Waals surface area contributed by atoms with E-state index in [0.717, 1.165) is 36.4 Å². The summed E-state index contributed by atoms with van der Waals surface area (Å²) >= 11 is 0. The Kier molecular flexibility index (Phi) is 15.1. The van der Waals surface area contributed by atoms with Gasteiger partial charge in [0.15, 0.2) is 19.8 Å². The van der Waals surface area contributed by atoms with Crippen LogP contribution in [0.3, 0.4) is 0 Å². The largest absolute Gasteiger partial charge is 0.482 e. The van der Waals surface area contributed by atoms with Crippen molar-refractivity contribution in [2.45, 2.75) is 111 Å². The maximum absolute atomic E-state index is 15.3. The van der Waals surface area contributed by atoms with Gasteiger partial charge in [-0.25, -0.2) is 22.4 Å². The molecule has 0 amide bonds. The van der Waals surface area contributed by atoms with Crippen LogP contribution in [0.5, 0.6) is 17.2 Å². The minimum atomic E-state index is -6.86. The van der Waals surface area contributed by atoms with Crippen molar-refractivity contribution in [2.75, 3.05) is 19.8 Å². The summed E-state index contributed by atoms with van der Waals surface area (Å²) in [5.41, 5.74) is -2.55. The van der Waals surface area contributed by atoms with Crippen LogP contribution in [0.15, 0.2) is 87.5 Å². The van der Waals surface area contributed by atoms with Crippen molar-refractivity contribution in [2.24, 2.45) is 0 Å². The minimum absolute atomic E-state index is 0.0150. The Bertz CT molecular complexity index is 1840. The Morgan fingerprint density at radius 3 is 0.983 bits per heavy atom. The zero-order valence-corrected chi connectivity index (χ0v) is 35.2. The number of rotatable bonds is 16. The minimum Gasteiger partial charge on any atom is -0.482 e. The Morgan fingerprint density at radius 2 is 0.763 bits per heavy atom. The number of hydrogen-bond acceptors (Lipinski definition) is 12. The molecule has 12 nitrogen and oxygen atoms in total. The summed E-state index contributed by atoms with van der Waals surface area (Å²) in [4.78, 5) is 36.0. The molecule has 0 saturated carbocycles. The van der Waals surface area contributed by atoms with Crippen LogP contribution < -0.4 is 14.2 Å². The molecule has 0 saturated heterocycles. The van der Waals surface area contributed by atoms with Crippen molar-refractivity contribution >= 4 is 38.3 Å². The topological polar surface area (TPSA) is 150 Å². The molecule has 0 heterocycles. The van der Waals surface area contributed by atoms with Gasteiger partial charge in [-0.05, 0) is 145 Å². The Labute approximate surface area is 340 Å². The van der Waals surface area contributed by atoms with E-state index >= 15 is 8.78 Å². The zero-order valence-electron chi connectivity index (χ0n) is 33.6. The van der Waals surface area contributed by atoms with Crippen LogP contribution in [0.4, 0.5) is 26.3 Å². The third kappa shape index (κ3) is 13.9. The van der Waals surface area contributed by atoms with E-state index in [4.69, 9.17) is 32.1 Å². The average molecular weight is 885 g/mol. The van der Waals surface area contributed by atoms with Gasteiger partial charge in [0, 0.05) is 14.7 Å². The first-order valence-corrected chi connectivity index (χ1v) is 20.5. The van der Waals surface area contributed by atoms with Crippen LogP contribution in [-0.4, -0.2) is 80.6 Å². The first-order chi connectivity index (χ1) is 26.8. The summed E-state index contributed by atoms with van der Waals surface area (Å²) < 4.78 is 149. The van der Waals surface area contributed by atoms with E-state index in [9.17, 15) is 40.4 Å². The highest BCUT2D eigenvalue weighted by atomic mass is 32.3. The van der Waals surface area contributed by atoms with Crippen LogP contribution >= 0.6 is 10.3 Å². The predicted molar refractivity (Wildman–Crippen MR) is 202 cm³/mol. The van der Waals surface area contributed by atoms with Gasteiger partial charge in [0.25, 0.3) is 6.17 Å². The van der Waals surface area contributed by atoms with Crippen LogP contribution in [0.25, 0.3) is 0 Å². The lowest BCUT2D eigenvalue weighted by atomic mass is 10.2. The molecule has 1 atom stereocenters. The summed E-state index contributed by atoms with van der Waals surface area (Å²) in [6, 6.07) is 14.0. The van der Waals surface area contributed by atoms with Gasteiger partial charge in [0.2, 0.25) is 0 Å². The molecule has 0 N–H and O–H groups in total. The van der Waals surface area contributed by atoms with Crippen molar-refractivity contribution in [3.63, 3.8) is 0 Å². The number of ether oxygens (including phenoxy) is 6. The number of alkyl halides is 6. The van der Waals surface area contributed by atoms with Gasteiger partial charge in [-0.3, -0.25) is 0 Å². The summed E-state index contributed by atoms with van der Waals surface area (Å²) in [7, 11) is -11.1. The van der Waals surface area contributed by atoms with Crippen molar-refractivity contribution in [3.8, 4) is 17.2 Å². The number of halogens is 6. The van der Waals surface area contributed by atoms with Gasteiger partial charge in [-0.1, -0.05) is 0 Å². The van der Waals surface area contributed by atoms with Gasteiger partial charge in [-0.2, -0.15) is 30.4 Å². The highest BCUT2D eigenvalue weighted by Crippen LogP contribution is 2.71. The second kappa shape index (κ2) is 18.3. The zero-order chi connectivity index (χ0) is 44.8. The molecule has 3 rings (SSSR count). The monoisotopic (exact) mass is 884 g/mol. The first-order valence-electron chi connectivity index (χ1n) is 17.6. The lowest BCUT2D eigenvalue weighted by molar-refractivity contribution is -0.222. The highest BCUT2D eigenvalue weighted by Gasteiger charge is 2.66. The number of hydrogen-bond donors (Lipinski definition) is 0. The molecule has 1 unspecified atom stereocenters. The van der Waals surface area contributed by atoms with Crippen molar-refractivity contribution in [3.05, 3.63) is 72.8 Å². The number of benzene rings is 3. The molecule has 0 fully saturated rings. The summed E-state index contributed by atoms with van der Waals surface area (Å²) in [5.74, 6) is -2.32. The van der Waals surface area contributed by atoms with E-state index in [1.807, 2.05) is 0 Å². The van der Waals surface area contributed by atoms with Gasteiger partial charge < -0.3 is 28.4 Å². The maximum Gasteiger partial charge on any atom is 0.426 e. The Hall–Kier alpha value is -4.69. The molecule has 0 aliphatic carbocycles. The van der Waals surface area contributed by atoms with E-state index < -0.39 is 92.6 Å². The number of carbonyl (C=O) groups excluding carboxylic acids is 3. The molecular formula is C39H46F6O12S2. The van der Waals surface area contributed by atoms with Crippen LogP contribution in [0.1, 0.15) is 62.3 Å². The average Bonchev–Trinajstić information content (AvgIpc) is 3.09. The molecule has 0 spiro atoms. The molecule has 328 valence electrons. The maximum atomic E-state index is 15.3. The van der Waals surface area contributed by atoms with Crippen LogP contribution in [0.2, 0.25) is 0 Å². The van der Waals surface area contributed by atoms with Gasteiger partial charge in [0.05, 0.1) is 0 Å². The smallest absolute Gasteiger partial charge is 0.426 e. The van der Waals surface area contributed by atoms with E-state index in [1.54, 1.807) is 62.3 Å². The quantitative estimate of drug-likeness (QED) is 0.0768. The Balaban J connectivity index is 2.24. The lowest BCUT2D eigenvalue weighted by Crippen LogP contribution is -2.48. The van der Waals surface area contributed by atoms with Crippen molar-refractivity contribution in [1.82, 2.24) is 0 Å². The predicted octanol–water partition coefficient (Wildman–Crippen LogP) is 8.88. The highest BCUT2D eigenvalue weighted by molar-refractivity contribution is 8.33. The molecule has 3 aromatic rings. The molecular weight excluding hydrogens is 839 g/mol.